The molecular formula is C27H33F2N5O. The molecule has 6 nitrogen and oxygen atoms in total. The number of aromatic nitrogens is 2. The van der Waals surface area contributed by atoms with Crippen LogP contribution in [0.25, 0.3) is 11.3 Å². The van der Waals surface area contributed by atoms with E-state index in [4.69, 9.17) is 0 Å². The lowest BCUT2D eigenvalue weighted by Crippen LogP contribution is -2.40. The lowest BCUT2D eigenvalue weighted by molar-refractivity contribution is 0.206. The van der Waals surface area contributed by atoms with Gasteiger partial charge in [-0.1, -0.05) is 18.6 Å². The van der Waals surface area contributed by atoms with E-state index in [1.807, 2.05) is 19.2 Å². The van der Waals surface area contributed by atoms with Crippen LogP contribution < -0.4 is 10.2 Å². The molecule has 35 heavy (non-hydrogen) atoms. The monoisotopic (exact) mass is 481 g/mol. The molecule has 186 valence electrons. The van der Waals surface area contributed by atoms with E-state index in [0.29, 0.717) is 19.0 Å². The van der Waals surface area contributed by atoms with E-state index in [1.54, 1.807) is 23.1 Å². The number of aromatic amines is 1. The van der Waals surface area contributed by atoms with Crippen LogP contribution in [-0.2, 0) is 6.42 Å². The van der Waals surface area contributed by atoms with E-state index in [-0.39, 0.29) is 17.7 Å². The van der Waals surface area contributed by atoms with Gasteiger partial charge in [-0.2, -0.15) is 5.10 Å². The molecule has 1 aliphatic rings. The third kappa shape index (κ3) is 7.04. The fourth-order valence-electron chi connectivity index (χ4n) is 4.48. The maximum Gasteiger partial charge on any atom is 0.317 e. The number of rotatable bonds is 10. The number of H-pyrrole nitrogens is 1. The number of hydrogen-bond donors (Lipinski definition) is 2. The summed E-state index contributed by atoms with van der Waals surface area (Å²) in [4.78, 5) is 16.4. The summed E-state index contributed by atoms with van der Waals surface area (Å²) >= 11 is 0. The zero-order chi connectivity index (χ0) is 24.6. The standard InChI is InChI=1S/C27H33F2N5O/c1-33(27(35)30-18-20-13-15-34(19-20)25-11-9-22(28)10-12-25)14-4-2-3-8-24-17-26(32-31-24)21-6-5-7-23(29)16-21/h5-7,9-12,16-17,20H,2-4,8,13-15,18-19H2,1H3,(H,30,35)(H,31,32). The van der Waals surface area contributed by atoms with E-state index in [0.717, 1.165) is 67.8 Å². The first-order valence-electron chi connectivity index (χ1n) is 12.3. The quantitative estimate of drug-likeness (QED) is 0.390. The molecule has 0 spiro atoms. The molecule has 3 aromatic rings. The van der Waals surface area contributed by atoms with Crippen molar-refractivity contribution in [2.75, 3.05) is 38.1 Å². The topological polar surface area (TPSA) is 64.3 Å². The highest BCUT2D eigenvalue weighted by molar-refractivity contribution is 5.73. The molecule has 1 unspecified atom stereocenters. The van der Waals surface area contributed by atoms with Crippen molar-refractivity contribution in [2.45, 2.75) is 32.1 Å². The molecule has 0 bridgehead atoms. The first-order chi connectivity index (χ1) is 17.0. The van der Waals surface area contributed by atoms with Gasteiger partial charge in [0, 0.05) is 50.2 Å². The van der Waals surface area contributed by atoms with Crippen LogP contribution in [0.4, 0.5) is 19.3 Å². The summed E-state index contributed by atoms with van der Waals surface area (Å²) in [6, 6.07) is 14.9. The van der Waals surface area contributed by atoms with Gasteiger partial charge in [0.1, 0.15) is 11.6 Å². The smallest absolute Gasteiger partial charge is 0.317 e. The largest absolute Gasteiger partial charge is 0.371 e. The van der Waals surface area contributed by atoms with E-state index in [1.165, 1.54) is 24.3 Å². The molecule has 1 aliphatic heterocycles. The SMILES string of the molecule is CN(CCCCCc1cc(-c2cccc(F)c2)n[nH]1)C(=O)NCC1CCN(c2ccc(F)cc2)C1. The van der Waals surface area contributed by atoms with E-state index < -0.39 is 0 Å². The van der Waals surface area contributed by atoms with Crippen molar-refractivity contribution >= 4 is 11.7 Å². The van der Waals surface area contributed by atoms with Crippen LogP contribution in [0.5, 0.6) is 0 Å². The molecule has 1 fully saturated rings. The number of unbranched alkanes of at least 4 members (excludes halogenated alkanes) is 2. The normalized spacial score (nSPS) is 15.4. The van der Waals surface area contributed by atoms with Crippen LogP contribution in [-0.4, -0.2) is 54.4 Å². The fraction of sp³-hybridized carbons (Fsp3) is 0.407. The Bertz CT molecular complexity index is 1100. The molecule has 2 heterocycles. The second-order valence-corrected chi connectivity index (χ2v) is 9.28. The Morgan fingerprint density at radius 3 is 2.74 bits per heavy atom. The summed E-state index contributed by atoms with van der Waals surface area (Å²) in [7, 11) is 1.83. The van der Waals surface area contributed by atoms with Gasteiger partial charge in [0.15, 0.2) is 0 Å². The molecule has 0 radical (unpaired) electrons. The first-order valence-corrected chi connectivity index (χ1v) is 12.3. The number of hydrogen-bond acceptors (Lipinski definition) is 3. The molecule has 0 saturated carbocycles. The Balaban J connectivity index is 1.10. The van der Waals surface area contributed by atoms with E-state index in [2.05, 4.69) is 20.4 Å². The molecule has 1 atom stereocenters. The predicted octanol–water partition coefficient (Wildman–Crippen LogP) is 5.24. The van der Waals surface area contributed by atoms with Crippen molar-refractivity contribution in [1.29, 1.82) is 0 Å². The highest BCUT2D eigenvalue weighted by Crippen LogP contribution is 2.24. The Hall–Kier alpha value is -3.42. The van der Waals surface area contributed by atoms with Crippen molar-refractivity contribution in [3.8, 4) is 11.3 Å². The van der Waals surface area contributed by atoms with Crippen molar-refractivity contribution < 1.29 is 13.6 Å². The molecule has 1 saturated heterocycles. The number of amides is 2. The highest BCUT2D eigenvalue weighted by atomic mass is 19.1. The van der Waals surface area contributed by atoms with Crippen LogP contribution in [0.15, 0.2) is 54.6 Å². The van der Waals surface area contributed by atoms with E-state index >= 15 is 0 Å². The van der Waals surface area contributed by atoms with E-state index in [9.17, 15) is 13.6 Å². The summed E-state index contributed by atoms with van der Waals surface area (Å²) < 4.78 is 26.5. The maximum absolute atomic E-state index is 13.4. The lowest BCUT2D eigenvalue weighted by Gasteiger charge is -2.21. The zero-order valence-electron chi connectivity index (χ0n) is 20.1. The maximum atomic E-state index is 13.4. The number of carbonyl (C=O) groups is 1. The first kappa shape index (κ1) is 24.7. The Morgan fingerprint density at radius 1 is 1.11 bits per heavy atom. The minimum absolute atomic E-state index is 0.0430. The predicted molar refractivity (Wildman–Crippen MR) is 134 cm³/mol. The molecule has 2 N–H and O–H groups in total. The van der Waals surface area contributed by atoms with Crippen molar-refractivity contribution in [3.63, 3.8) is 0 Å². The van der Waals surface area contributed by atoms with Crippen LogP contribution in [0.3, 0.4) is 0 Å². The van der Waals surface area contributed by atoms with Gasteiger partial charge in [-0.15, -0.1) is 0 Å². The van der Waals surface area contributed by atoms with Gasteiger partial charge in [0.05, 0.1) is 5.69 Å². The Kier molecular flexibility index (Phi) is 8.34. The Labute approximate surface area is 205 Å². The molecule has 1 aromatic heterocycles. The minimum Gasteiger partial charge on any atom is -0.371 e. The second kappa shape index (κ2) is 11.8. The summed E-state index contributed by atoms with van der Waals surface area (Å²) in [6.07, 6.45) is 4.79. The van der Waals surface area contributed by atoms with Crippen LogP contribution >= 0.6 is 0 Å². The molecule has 2 aromatic carbocycles. The molecule has 2 amide bonds. The second-order valence-electron chi connectivity index (χ2n) is 9.28. The van der Waals surface area contributed by atoms with Gasteiger partial charge in [0.2, 0.25) is 0 Å². The fourth-order valence-corrected chi connectivity index (χ4v) is 4.48. The van der Waals surface area contributed by atoms with Gasteiger partial charge < -0.3 is 15.1 Å². The van der Waals surface area contributed by atoms with Crippen LogP contribution in [0.2, 0.25) is 0 Å². The van der Waals surface area contributed by atoms with Gasteiger partial charge in [-0.25, -0.2) is 13.6 Å². The number of aryl methyl sites for hydroxylation is 1. The summed E-state index contributed by atoms with van der Waals surface area (Å²) in [5.41, 5.74) is 3.57. The Morgan fingerprint density at radius 2 is 1.94 bits per heavy atom. The van der Waals surface area contributed by atoms with Gasteiger partial charge in [-0.3, -0.25) is 5.10 Å². The zero-order valence-corrected chi connectivity index (χ0v) is 20.1. The number of nitrogens with one attached hydrogen (secondary N) is 2. The van der Waals surface area contributed by atoms with Gasteiger partial charge in [0.25, 0.3) is 0 Å². The molecule has 0 aliphatic carbocycles. The van der Waals surface area contributed by atoms with Crippen LogP contribution in [0, 0.1) is 17.6 Å². The van der Waals surface area contributed by atoms with Gasteiger partial charge in [-0.05, 0) is 74.1 Å². The summed E-state index contributed by atoms with van der Waals surface area (Å²) in [6.45, 7) is 3.14. The number of benzene rings is 2. The summed E-state index contributed by atoms with van der Waals surface area (Å²) in [5.74, 6) is -0.101. The van der Waals surface area contributed by atoms with Crippen molar-refractivity contribution in [1.82, 2.24) is 20.4 Å². The van der Waals surface area contributed by atoms with Crippen LogP contribution in [0.1, 0.15) is 31.4 Å². The average Bonchev–Trinajstić information content (AvgIpc) is 3.53. The molecule has 4 rings (SSSR count). The minimum atomic E-state index is -0.268. The van der Waals surface area contributed by atoms with Crippen molar-refractivity contribution in [2.24, 2.45) is 5.92 Å². The van der Waals surface area contributed by atoms with Gasteiger partial charge >= 0.3 is 6.03 Å². The molecule has 8 heteroatoms. The van der Waals surface area contributed by atoms with Crippen molar-refractivity contribution in [3.05, 3.63) is 71.9 Å². The molecular weight excluding hydrogens is 448 g/mol. The number of anilines is 1. The third-order valence-corrected chi connectivity index (χ3v) is 6.56. The average molecular weight is 482 g/mol. The lowest BCUT2D eigenvalue weighted by atomic mass is 10.1. The summed E-state index contributed by atoms with van der Waals surface area (Å²) in [5, 5.41) is 10.4. The number of nitrogens with zero attached hydrogens (tertiary/aromatic N) is 3. The number of carbonyl (C=O) groups excluding carboxylic acids is 1. The number of halogens is 2. The highest BCUT2D eigenvalue weighted by Gasteiger charge is 2.23. The third-order valence-electron chi connectivity index (χ3n) is 6.56. The number of urea groups is 1.